The van der Waals surface area contributed by atoms with E-state index in [0.717, 1.165) is 12.6 Å². The van der Waals surface area contributed by atoms with E-state index in [1.807, 2.05) is 0 Å². The van der Waals surface area contributed by atoms with Gasteiger partial charge in [0.25, 0.3) is 0 Å². The van der Waals surface area contributed by atoms with E-state index in [9.17, 15) is 0 Å². The van der Waals surface area contributed by atoms with E-state index < -0.39 is 0 Å². The Labute approximate surface area is 220 Å². The number of rotatable bonds is 4. The van der Waals surface area contributed by atoms with Gasteiger partial charge in [0.2, 0.25) is 0 Å². The van der Waals surface area contributed by atoms with Gasteiger partial charge in [-0.2, -0.15) is 0 Å². The third kappa shape index (κ3) is 9.36. The number of benzene rings is 1. The first-order valence-electron chi connectivity index (χ1n) is 11.4. The number of hydrogen-bond donors (Lipinski definition) is 0. The van der Waals surface area contributed by atoms with Crippen molar-refractivity contribution in [2.24, 2.45) is 0 Å². The summed E-state index contributed by atoms with van der Waals surface area (Å²) >= 11 is 0. The molecule has 0 aliphatic carbocycles. The van der Waals surface area contributed by atoms with Gasteiger partial charge in [0, 0.05) is 44.4 Å². The van der Waals surface area contributed by atoms with E-state index in [-0.39, 0.29) is 36.3 Å². The maximum Gasteiger partial charge on any atom is 0.392 e. The molecule has 0 atom stereocenters. The monoisotopic (exact) mass is 581 g/mol. The summed E-state index contributed by atoms with van der Waals surface area (Å²) in [5.41, 5.74) is 16.3. The fourth-order valence-corrected chi connectivity index (χ4v) is 11.4. The van der Waals surface area contributed by atoms with Gasteiger partial charge in [-0.1, -0.05) is 111 Å². The second kappa shape index (κ2) is 12.1. The molecule has 0 amide bonds. The van der Waals surface area contributed by atoms with Gasteiger partial charge in [-0.15, -0.1) is 0 Å². The number of hydrogen-bond acceptors (Lipinski definition) is 2. The number of nitrogens with zero attached hydrogens (tertiary/aromatic N) is 5. The van der Waals surface area contributed by atoms with Crippen molar-refractivity contribution in [3.05, 3.63) is 40.2 Å². The second-order valence-electron chi connectivity index (χ2n) is 12.5. The van der Waals surface area contributed by atoms with Crippen molar-refractivity contribution in [3.63, 3.8) is 0 Å². The minimum absolute atomic E-state index is 0. The number of anilines is 2. The normalized spacial score (nSPS) is 14.2. The van der Waals surface area contributed by atoms with Gasteiger partial charge in [0.05, 0.1) is 0 Å². The number of fused-ring (bicyclic) bond motifs is 1. The van der Waals surface area contributed by atoms with Gasteiger partial charge in [-0.05, 0) is 32.8 Å². The smallest absolute Gasteiger partial charge is 0.392 e. The molecule has 2 rings (SSSR count). The topological polar surface area (TPSA) is 65.2 Å². The van der Waals surface area contributed by atoms with Crippen molar-refractivity contribution in [3.8, 4) is 0 Å². The molecule has 0 fully saturated rings. The van der Waals surface area contributed by atoms with Gasteiger partial charge in [-0.3, -0.25) is 4.91 Å². The van der Waals surface area contributed by atoms with Crippen LogP contribution in [0.4, 0.5) is 11.4 Å². The fourth-order valence-electron chi connectivity index (χ4n) is 4.63. The van der Waals surface area contributed by atoms with Crippen molar-refractivity contribution in [1.29, 1.82) is 0 Å². The summed E-state index contributed by atoms with van der Waals surface area (Å²) in [7, 11) is 2.04. The summed E-state index contributed by atoms with van der Waals surface area (Å²) in [5, 5.41) is 1.31. The Morgan fingerprint density at radius 3 is 1.12 bits per heavy atom. The van der Waals surface area contributed by atoms with Crippen LogP contribution in [0.3, 0.4) is 0 Å². The molecule has 1 aliphatic rings. The van der Waals surface area contributed by atoms with Gasteiger partial charge in [0.15, 0.2) is 0 Å². The minimum atomic E-state index is -0.189. The molecule has 5 nitrogen and oxygen atoms in total. The van der Waals surface area contributed by atoms with Gasteiger partial charge >= 0.3 is 7.55 Å². The van der Waals surface area contributed by atoms with Crippen LogP contribution in [0, 0.1) is 0 Å². The predicted molar refractivity (Wildman–Crippen MR) is 150 cm³/mol. The molecule has 9 heteroatoms. The summed E-state index contributed by atoms with van der Waals surface area (Å²) < 4.78 is 0. The maximum atomic E-state index is 6.75. The second-order valence-corrected chi connectivity index (χ2v) is 20.1. The van der Waals surface area contributed by atoms with E-state index >= 15 is 0 Å². The average Bonchev–Trinajstić information content (AvgIpc) is 2.92. The molecule has 0 spiro atoms. The van der Waals surface area contributed by atoms with Crippen molar-refractivity contribution in [1.82, 2.24) is 0 Å². The van der Waals surface area contributed by atoms with Gasteiger partial charge in [0.1, 0.15) is 0 Å². The summed E-state index contributed by atoms with van der Waals surface area (Å²) in [6.07, 6.45) is 2.25. The minimum Gasteiger partial charge on any atom is -0.393 e. The zero-order valence-electron chi connectivity index (χ0n) is 22.7. The summed E-state index contributed by atoms with van der Waals surface area (Å²) in [6.45, 7) is 29.0. The van der Waals surface area contributed by atoms with E-state index in [4.69, 9.17) is 11.1 Å². The Hall–Kier alpha value is -0.283. The van der Waals surface area contributed by atoms with Crippen LogP contribution in [0.1, 0.15) is 83.1 Å². The summed E-state index contributed by atoms with van der Waals surface area (Å²) in [5.74, 6) is 0. The van der Waals surface area contributed by atoms with E-state index in [1.54, 1.807) is 0 Å². The Balaban J connectivity index is 0.00000242. The Morgan fingerprint density at radius 1 is 0.667 bits per heavy atom. The predicted octanol–water partition coefficient (Wildman–Crippen LogP) is 8.78. The van der Waals surface area contributed by atoms with Crippen molar-refractivity contribution in [2.45, 2.75) is 104 Å². The van der Waals surface area contributed by atoms with E-state index in [1.165, 1.54) is 16.3 Å². The van der Waals surface area contributed by atoms with Gasteiger partial charge in [-0.25, -0.2) is 0 Å². The zero-order valence-corrected chi connectivity index (χ0v) is 26.1. The quantitative estimate of drug-likeness (QED) is 0.117. The van der Waals surface area contributed by atoms with Crippen LogP contribution in [0.5, 0.6) is 0 Å². The first-order valence-corrected chi connectivity index (χ1v) is 14.4. The third-order valence-corrected chi connectivity index (χ3v) is 13.3. The van der Waals surface area contributed by atoms with Crippen molar-refractivity contribution >= 4 is 34.8 Å². The van der Waals surface area contributed by atoms with Crippen LogP contribution in [-0.2, 0) is 20.4 Å². The van der Waals surface area contributed by atoms with Crippen LogP contribution < -0.4 is 9.62 Å². The molecule has 0 unspecified atom stereocenters. The standard InChI is InChI=1S/C24H44BN2P2.N3.Pd/c1-21(2,3)28(22(4,5)6)17-26-19-15-13-14-16-20(19)27(25-26)18-29(23(7,8)9)24(10,11)12;1-3-2;/h13-16H,17-18H2,1-12H3;;/q;-1;. The van der Waals surface area contributed by atoms with Crippen LogP contribution in [0.25, 0.3) is 16.0 Å². The maximum absolute atomic E-state index is 6.75. The molecule has 0 bridgehead atoms. The van der Waals surface area contributed by atoms with Crippen molar-refractivity contribution < 1.29 is 20.4 Å². The molecule has 189 valence electrons. The Kier molecular flexibility index (Phi) is 12.0. The van der Waals surface area contributed by atoms with E-state index in [0.29, 0.717) is 20.6 Å². The van der Waals surface area contributed by atoms with E-state index in [2.05, 4.69) is 125 Å². The first kappa shape index (κ1) is 32.7. The molecule has 0 saturated heterocycles. The van der Waals surface area contributed by atoms with Crippen LogP contribution in [-0.4, -0.2) is 40.7 Å². The molecule has 1 aromatic rings. The largest absolute Gasteiger partial charge is 0.393 e. The summed E-state index contributed by atoms with van der Waals surface area (Å²) in [6, 6.07) is 8.99. The molecule has 0 saturated carbocycles. The van der Waals surface area contributed by atoms with Crippen molar-refractivity contribution in [2.75, 3.05) is 22.2 Å². The van der Waals surface area contributed by atoms with Crippen LogP contribution in [0.2, 0.25) is 0 Å². The first-order chi connectivity index (χ1) is 14.3. The zero-order chi connectivity index (χ0) is 25.1. The molecule has 33 heavy (non-hydrogen) atoms. The number of para-hydroxylation sites is 2. The average molecular weight is 582 g/mol. The Morgan fingerprint density at radius 2 is 0.909 bits per heavy atom. The SMILES string of the molecule is CC(C)(C)P(CN1[B]N(CP(C(C)(C)C)C(C)(C)C)c2ccccc21)C(C)(C)C.[N-]=[N+]=[N-].[Pd]. The third-order valence-electron chi connectivity index (χ3n) is 5.61. The molecular weight excluding hydrogens is 537 g/mol. The molecule has 0 N–H and O–H groups in total. The van der Waals surface area contributed by atoms with Crippen LogP contribution in [0.15, 0.2) is 24.3 Å². The molecule has 0 aromatic heterocycles. The van der Waals surface area contributed by atoms with Crippen LogP contribution >= 0.6 is 15.8 Å². The molecule has 1 aromatic carbocycles. The molecule has 1 aliphatic heterocycles. The van der Waals surface area contributed by atoms with Gasteiger partial charge < -0.3 is 20.7 Å². The summed E-state index contributed by atoms with van der Waals surface area (Å²) in [4.78, 5) is 6.60. The Bertz CT molecular complexity index is 701. The molecule has 1 radical (unpaired) electrons. The fraction of sp³-hybridized carbons (Fsp3) is 0.750. The molecule has 1 heterocycles. The molecular formula is C24H44BN5P2Pd-.